The molecule has 13 heavy (non-hydrogen) atoms. The predicted octanol–water partition coefficient (Wildman–Crippen LogP) is 3.05. The van der Waals surface area contributed by atoms with Crippen molar-refractivity contribution in [3.05, 3.63) is 33.3 Å². The molecule has 70 valence electrons. The van der Waals surface area contributed by atoms with Crippen LogP contribution in [0.15, 0.2) is 16.6 Å². The van der Waals surface area contributed by atoms with Crippen LogP contribution in [0.1, 0.15) is 29.5 Å². The summed E-state index contributed by atoms with van der Waals surface area (Å²) in [6, 6.07) is 4.20. The van der Waals surface area contributed by atoms with Gasteiger partial charge >= 0.3 is 0 Å². The lowest BCUT2D eigenvalue weighted by Crippen LogP contribution is -2.06. The highest BCUT2D eigenvalue weighted by Gasteiger charge is 2.43. The van der Waals surface area contributed by atoms with Gasteiger partial charge in [-0.05, 0) is 37.8 Å². The lowest BCUT2D eigenvalue weighted by molar-refractivity contribution is 0.150. The number of aliphatic hydroxyl groups is 1. The van der Waals surface area contributed by atoms with Gasteiger partial charge in [-0.3, -0.25) is 0 Å². The predicted molar refractivity (Wildman–Crippen MR) is 56.7 cm³/mol. The van der Waals surface area contributed by atoms with E-state index >= 15 is 0 Å². The average molecular weight is 241 g/mol. The van der Waals surface area contributed by atoms with Gasteiger partial charge in [-0.1, -0.05) is 33.6 Å². The Balaban J connectivity index is 2.56. The molecule has 0 bridgehead atoms. The summed E-state index contributed by atoms with van der Waals surface area (Å²) >= 11 is 3.53. The van der Waals surface area contributed by atoms with Crippen LogP contribution in [-0.2, 0) is 5.60 Å². The van der Waals surface area contributed by atoms with E-state index in [9.17, 15) is 5.11 Å². The first-order valence-electron chi connectivity index (χ1n) is 4.52. The second kappa shape index (κ2) is 2.82. The van der Waals surface area contributed by atoms with Gasteiger partial charge < -0.3 is 5.11 Å². The minimum atomic E-state index is -0.532. The lowest BCUT2D eigenvalue weighted by atomic mass is 10.0. The van der Waals surface area contributed by atoms with E-state index in [1.807, 2.05) is 0 Å². The Morgan fingerprint density at radius 1 is 1.31 bits per heavy atom. The molecule has 1 aliphatic carbocycles. The molecule has 0 saturated heterocycles. The average Bonchev–Trinajstić information content (AvgIpc) is 2.77. The highest BCUT2D eigenvalue weighted by atomic mass is 79.9. The molecule has 0 aromatic heterocycles. The molecule has 1 aromatic carbocycles. The van der Waals surface area contributed by atoms with E-state index in [0.29, 0.717) is 0 Å². The number of halogens is 1. The summed E-state index contributed by atoms with van der Waals surface area (Å²) in [4.78, 5) is 0. The molecular weight excluding hydrogens is 228 g/mol. The maximum absolute atomic E-state index is 10.00. The zero-order chi connectivity index (χ0) is 9.64. The van der Waals surface area contributed by atoms with Crippen molar-refractivity contribution in [3.63, 3.8) is 0 Å². The highest BCUT2D eigenvalue weighted by molar-refractivity contribution is 9.10. The lowest BCUT2D eigenvalue weighted by Gasteiger charge is -2.13. The summed E-state index contributed by atoms with van der Waals surface area (Å²) in [5, 5.41) is 10.00. The van der Waals surface area contributed by atoms with Gasteiger partial charge in [0.2, 0.25) is 0 Å². The molecule has 0 spiro atoms. The Morgan fingerprint density at radius 2 is 1.92 bits per heavy atom. The molecule has 1 nitrogen and oxygen atoms in total. The van der Waals surface area contributed by atoms with E-state index in [1.165, 1.54) is 11.1 Å². The van der Waals surface area contributed by atoms with Crippen LogP contribution >= 0.6 is 15.9 Å². The summed E-state index contributed by atoms with van der Waals surface area (Å²) in [5.74, 6) is 0. The van der Waals surface area contributed by atoms with E-state index in [2.05, 4.69) is 41.9 Å². The van der Waals surface area contributed by atoms with Gasteiger partial charge in [0.1, 0.15) is 0 Å². The maximum atomic E-state index is 10.00. The molecular formula is C11H13BrO. The van der Waals surface area contributed by atoms with E-state index in [1.54, 1.807) is 0 Å². The molecule has 0 unspecified atom stereocenters. The summed E-state index contributed by atoms with van der Waals surface area (Å²) in [6.45, 7) is 4.13. The minimum absolute atomic E-state index is 0.532. The first kappa shape index (κ1) is 9.22. The second-order valence-electron chi connectivity index (χ2n) is 3.97. The minimum Gasteiger partial charge on any atom is -0.385 e. The van der Waals surface area contributed by atoms with Crippen molar-refractivity contribution in [1.82, 2.24) is 0 Å². The Kier molecular flexibility index (Phi) is 2.00. The van der Waals surface area contributed by atoms with Crippen molar-refractivity contribution in [2.45, 2.75) is 32.3 Å². The fourth-order valence-electron chi connectivity index (χ4n) is 1.68. The Bertz CT molecular complexity index is 353. The Hall–Kier alpha value is -0.340. The third-order valence-corrected chi connectivity index (χ3v) is 3.68. The van der Waals surface area contributed by atoms with Gasteiger partial charge in [-0.15, -0.1) is 0 Å². The van der Waals surface area contributed by atoms with Gasteiger partial charge in [-0.25, -0.2) is 0 Å². The molecule has 1 N–H and O–H groups in total. The van der Waals surface area contributed by atoms with Crippen molar-refractivity contribution in [1.29, 1.82) is 0 Å². The van der Waals surface area contributed by atoms with Crippen LogP contribution in [-0.4, -0.2) is 5.11 Å². The van der Waals surface area contributed by atoms with Gasteiger partial charge in [0.05, 0.1) is 5.60 Å². The van der Waals surface area contributed by atoms with Crippen molar-refractivity contribution in [3.8, 4) is 0 Å². The van der Waals surface area contributed by atoms with E-state index in [4.69, 9.17) is 0 Å². The third kappa shape index (κ3) is 1.53. The summed E-state index contributed by atoms with van der Waals surface area (Å²) in [5.41, 5.74) is 2.95. The van der Waals surface area contributed by atoms with Crippen LogP contribution in [0.2, 0.25) is 0 Å². The standard InChI is InChI=1S/C11H13BrO/c1-7-5-8(2)10(12)9(6-7)11(13)3-4-11/h5-6,13H,3-4H2,1-2H3. The monoisotopic (exact) mass is 240 g/mol. The number of aryl methyl sites for hydroxylation is 2. The number of rotatable bonds is 1. The molecule has 1 aromatic rings. The number of hydrogen-bond acceptors (Lipinski definition) is 1. The summed E-state index contributed by atoms with van der Waals surface area (Å²) in [7, 11) is 0. The van der Waals surface area contributed by atoms with Gasteiger partial charge in [0.25, 0.3) is 0 Å². The van der Waals surface area contributed by atoms with Crippen LogP contribution < -0.4 is 0 Å². The van der Waals surface area contributed by atoms with Crippen LogP contribution in [0, 0.1) is 13.8 Å². The van der Waals surface area contributed by atoms with E-state index < -0.39 is 5.60 Å². The van der Waals surface area contributed by atoms with Gasteiger partial charge in [0, 0.05) is 4.47 Å². The van der Waals surface area contributed by atoms with Crippen molar-refractivity contribution in [2.75, 3.05) is 0 Å². The van der Waals surface area contributed by atoms with E-state index in [-0.39, 0.29) is 0 Å². The topological polar surface area (TPSA) is 20.2 Å². The highest BCUT2D eigenvalue weighted by Crippen LogP contribution is 2.48. The van der Waals surface area contributed by atoms with E-state index in [0.717, 1.165) is 22.9 Å². The molecule has 0 atom stereocenters. The molecule has 1 aliphatic rings. The molecule has 1 fully saturated rings. The molecule has 0 amide bonds. The summed E-state index contributed by atoms with van der Waals surface area (Å²) in [6.07, 6.45) is 1.79. The Morgan fingerprint density at radius 3 is 2.46 bits per heavy atom. The van der Waals surface area contributed by atoms with Crippen LogP contribution in [0.5, 0.6) is 0 Å². The first-order valence-corrected chi connectivity index (χ1v) is 5.32. The van der Waals surface area contributed by atoms with Crippen LogP contribution in [0.3, 0.4) is 0 Å². The molecule has 2 rings (SSSR count). The van der Waals surface area contributed by atoms with Gasteiger partial charge in [0.15, 0.2) is 0 Å². The Labute approximate surface area is 86.9 Å². The fourth-order valence-corrected chi connectivity index (χ4v) is 2.27. The second-order valence-corrected chi connectivity index (χ2v) is 4.77. The zero-order valence-corrected chi connectivity index (χ0v) is 9.48. The van der Waals surface area contributed by atoms with Crippen molar-refractivity contribution in [2.24, 2.45) is 0 Å². The summed E-state index contributed by atoms with van der Waals surface area (Å²) < 4.78 is 1.07. The van der Waals surface area contributed by atoms with Gasteiger partial charge in [-0.2, -0.15) is 0 Å². The largest absolute Gasteiger partial charge is 0.385 e. The first-order chi connectivity index (χ1) is 6.03. The SMILES string of the molecule is Cc1cc(C)c(Br)c(C2(O)CC2)c1. The normalized spacial score (nSPS) is 18.8. The molecule has 0 aliphatic heterocycles. The quantitative estimate of drug-likeness (QED) is 0.801. The molecule has 2 heteroatoms. The fraction of sp³-hybridized carbons (Fsp3) is 0.455. The van der Waals surface area contributed by atoms with Crippen LogP contribution in [0.25, 0.3) is 0 Å². The zero-order valence-electron chi connectivity index (χ0n) is 7.89. The van der Waals surface area contributed by atoms with Crippen molar-refractivity contribution < 1.29 is 5.11 Å². The maximum Gasteiger partial charge on any atom is 0.0910 e. The number of hydrogen-bond donors (Lipinski definition) is 1. The number of benzene rings is 1. The third-order valence-electron chi connectivity index (χ3n) is 2.62. The molecule has 0 radical (unpaired) electrons. The molecule has 0 heterocycles. The van der Waals surface area contributed by atoms with Crippen molar-refractivity contribution >= 4 is 15.9 Å². The smallest absolute Gasteiger partial charge is 0.0910 e. The van der Waals surface area contributed by atoms with Crippen LogP contribution in [0.4, 0.5) is 0 Å². The molecule has 1 saturated carbocycles.